The van der Waals surface area contributed by atoms with E-state index in [-0.39, 0.29) is 18.2 Å². The zero-order valence-electron chi connectivity index (χ0n) is 24.6. The van der Waals surface area contributed by atoms with E-state index >= 15 is 0 Å². The van der Waals surface area contributed by atoms with Crippen molar-refractivity contribution in [3.63, 3.8) is 0 Å². The van der Waals surface area contributed by atoms with Crippen LogP contribution in [0.3, 0.4) is 0 Å². The van der Waals surface area contributed by atoms with Gasteiger partial charge in [0.2, 0.25) is 5.91 Å². The molecule has 0 unspecified atom stereocenters. The topological polar surface area (TPSA) is 102 Å². The first-order valence-electron chi connectivity index (χ1n) is 15.4. The maximum Gasteiger partial charge on any atom is 0.329 e. The van der Waals surface area contributed by atoms with Crippen LogP contribution in [0.5, 0.6) is 5.75 Å². The van der Waals surface area contributed by atoms with E-state index in [4.69, 9.17) is 0 Å². The summed E-state index contributed by atoms with van der Waals surface area (Å²) in [6.45, 7) is 4.68. The van der Waals surface area contributed by atoms with Crippen molar-refractivity contribution >= 4 is 23.4 Å². The van der Waals surface area contributed by atoms with E-state index < -0.39 is 6.03 Å². The Morgan fingerprint density at radius 3 is 2.32 bits per heavy atom. The SMILES string of the molecule is O=C1CCN(c2ccc(CN3CCN(c4ccc([C@H]5c6ccc(O)cc6CC[C@H]5c5ccccc5)cc4)CC3)nn2)C(=O)N1. The minimum atomic E-state index is -0.452. The van der Waals surface area contributed by atoms with Crippen LogP contribution in [0.2, 0.25) is 0 Å². The van der Waals surface area contributed by atoms with Crippen LogP contribution in [-0.2, 0) is 17.8 Å². The van der Waals surface area contributed by atoms with Crippen molar-refractivity contribution in [2.24, 2.45) is 0 Å². The number of piperazine rings is 1. The molecule has 0 radical (unpaired) electrons. The predicted molar refractivity (Wildman–Crippen MR) is 169 cm³/mol. The lowest BCUT2D eigenvalue weighted by atomic mass is 9.69. The molecule has 2 atom stereocenters. The number of aryl methyl sites for hydroxylation is 1. The molecule has 2 fully saturated rings. The number of nitrogens with zero attached hydrogens (tertiary/aromatic N) is 5. The number of urea groups is 1. The molecule has 9 nitrogen and oxygen atoms in total. The predicted octanol–water partition coefficient (Wildman–Crippen LogP) is 4.81. The van der Waals surface area contributed by atoms with Crippen LogP contribution in [0.4, 0.5) is 16.3 Å². The van der Waals surface area contributed by atoms with Gasteiger partial charge in [0, 0.05) is 57.3 Å². The lowest BCUT2D eigenvalue weighted by molar-refractivity contribution is -0.120. The highest BCUT2D eigenvalue weighted by atomic mass is 16.3. The fourth-order valence-corrected chi connectivity index (χ4v) is 6.93. The van der Waals surface area contributed by atoms with Crippen LogP contribution < -0.4 is 15.1 Å². The van der Waals surface area contributed by atoms with Crippen molar-refractivity contribution in [3.05, 3.63) is 113 Å². The molecule has 3 amide bonds. The number of carbonyl (C=O) groups is 2. The summed E-state index contributed by atoms with van der Waals surface area (Å²) in [7, 11) is 0. The third-order valence-electron chi connectivity index (χ3n) is 9.23. The number of nitrogens with one attached hydrogen (secondary N) is 1. The molecule has 2 saturated heterocycles. The number of rotatable bonds is 6. The summed E-state index contributed by atoms with van der Waals surface area (Å²) in [4.78, 5) is 29.8. The average molecular weight is 589 g/mol. The molecule has 2 aliphatic heterocycles. The number of imide groups is 1. The maximum absolute atomic E-state index is 12.1. The molecule has 2 N–H and O–H groups in total. The molecular formula is C35H36N6O3. The molecule has 0 saturated carbocycles. The number of phenolic OH excluding ortho intramolecular Hbond substituents is 1. The molecule has 7 rings (SSSR count). The third-order valence-corrected chi connectivity index (χ3v) is 9.23. The fourth-order valence-electron chi connectivity index (χ4n) is 6.93. The highest BCUT2D eigenvalue weighted by molar-refractivity contribution is 6.05. The van der Waals surface area contributed by atoms with Gasteiger partial charge in [-0.25, -0.2) is 4.79 Å². The van der Waals surface area contributed by atoms with Gasteiger partial charge in [-0.3, -0.25) is 19.9 Å². The Hall–Kier alpha value is -4.76. The van der Waals surface area contributed by atoms with E-state index in [1.54, 1.807) is 6.07 Å². The van der Waals surface area contributed by atoms with Gasteiger partial charge in [0.25, 0.3) is 0 Å². The lowest BCUT2D eigenvalue weighted by Crippen LogP contribution is -2.50. The van der Waals surface area contributed by atoms with E-state index in [0.29, 0.717) is 30.6 Å². The highest BCUT2D eigenvalue weighted by Crippen LogP contribution is 2.47. The summed E-state index contributed by atoms with van der Waals surface area (Å²) in [6.07, 6.45) is 2.28. The molecular weight excluding hydrogens is 552 g/mol. The van der Waals surface area contributed by atoms with E-state index in [9.17, 15) is 14.7 Å². The van der Waals surface area contributed by atoms with Gasteiger partial charge in [0.15, 0.2) is 5.82 Å². The summed E-state index contributed by atoms with van der Waals surface area (Å²) in [5, 5.41) is 21.1. The number of aromatic nitrogens is 2. The van der Waals surface area contributed by atoms with E-state index in [2.05, 4.69) is 86.0 Å². The molecule has 0 spiro atoms. The fraction of sp³-hybridized carbons (Fsp3) is 0.314. The van der Waals surface area contributed by atoms with Crippen LogP contribution in [0.25, 0.3) is 0 Å². The number of hydrogen-bond acceptors (Lipinski definition) is 7. The van der Waals surface area contributed by atoms with Gasteiger partial charge in [-0.2, -0.15) is 5.10 Å². The normalized spacial score (nSPS) is 20.7. The van der Waals surface area contributed by atoms with Crippen LogP contribution in [0, 0.1) is 0 Å². The quantitative estimate of drug-likeness (QED) is 0.333. The first-order chi connectivity index (χ1) is 21.5. The van der Waals surface area contributed by atoms with Gasteiger partial charge >= 0.3 is 6.03 Å². The van der Waals surface area contributed by atoms with Gasteiger partial charge in [0.05, 0.1) is 5.69 Å². The monoisotopic (exact) mass is 588 g/mol. The summed E-state index contributed by atoms with van der Waals surface area (Å²) in [6, 6.07) is 29.0. The number of fused-ring (bicyclic) bond motifs is 1. The van der Waals surface area contributed by atoms with Crippen molar-refractivity contribution in [1.82, 2.24) is 20.4 Å². The molecule has 4 aromatic rings. The van der Waals surface area contributed by atoms with Crippen LogP contribution in [0.15, 0.2) is 84.9 Å². The van der Waals surface area contributed by atoms with Crippen molar-refractivity contribution in [1.29, 1.82) is 0 Å². The zero-order chi connectivity index (χ0) is 30.0. The van der Waals surface area contributed by atoms with E-state index in [1.807, 2.05) is 18.2 Å². The largest absolute Gasteiger partial charge is 0.508 e. The third kappa shape index (κ3) is 5.75. The molecule has 3 aromatic carbocycles. The van der Waals surface area contributed by atoms with Crippen molar-refractivity contribution in [2.45, 2.75) is 37.6 Å². The number of hydrogen-bond donors (Lipinski definition) is 2. The Labute approximate surface area is 257 Å². The molecule has 3 heterocycles. The molecule has 224 valence electrons. The number of aromatic hydroxyl groups is 1. The van der Waals surface area contributed by atoms with Gasteiger partial charge in [-0.05, 0) is 77.4 Å². The zero-order valence-corrected chi connectivity index (χ0v) is 24.6. The minimum absolute atomic E-state index is 0.243. The smallest absolute Gasteiger partial charge is 0.329 e. The Morgan fingerprint density at radius 2 is 1.59 bits per heavy atom. The molecule has 0 bridgehead atoms. The van der Waals surface area contributed by atoms with Crippen molar-refractivity contribution in [3.8, 4) is 5.75 Å². The van der Waals surface area contributed by atoms with E-state index in [0.717, 1.165) is 44.7 Å². The van der Waals surface area contributed by atoms with Gasteiger partial charge in [0.1, 0.15) is 5.75 Å². The summed E-state index contributed by atoms with van der Waals surface area (Å²) in [5.74, 6) is 1.16. The summed E-state index contributed by atoms with van der Waals surface area (Å²) in [5.41, 5.74) is 7.32. The second-order valence-corrected chi connectivity index (χ2v) is 11.9. The molecule has 9 heteroatoms. The van der Waals surface area contributed by atoms with Crippen LogP contribution in [-0.4, -0.2) is 64.9 Å². The number of benzene rings is 3. The Bertz CT molecular complexity index is 1640. The van der Waals surface area contributed by atoms with Gasteiger partial charge in [-0.1, -0.05) is 48.5 Å². The van der Waals surface area contributed by atoms with Gasteiger partial charge in [-0.15, -0.1) is 5.10 Å². The van der Waals surface area contributed by atoms with Crippen molar-refractivity contribution in [2.75, 3.05) is 42.5 Å². The number of amides is 3. The Morgan fingerprint density at radius 1 is 0.795 bits per heavy atom. The van der Waals surface area contributed by atoms with Crippen LogP contribution in [0.1, 0.15) is 52.6 Å². The molecule has 3 aliphatic rings. The first-order valence-corrected chi connectivity index (χ1v) is 15.4. The maximum atomic E-state index is 12.1. The summed E-state index contributed by atoms with van der Waals surface area (Å²) < 4.78 is 0. The molecule has 1 aromatic heterocycles. The molecule has 1 aliphatic carbocycles. The van der Waals surface area contributed by atoms with Crippen LogP contribution >= 0.6 is 0 Å². The number of phenols is 1. The molecule has 44 heavy (non-hydrogen) atoms. The second-order valence-electron chi connectivity index (χ2n) is 11.9. The van der Waals surface area contributed by atoms with Gasteiger partial charge < -0.3 is 10.0 Å². The minimum Gasteiger partial charge on any atom is -0.508 e. The Kier molecular flexibility index (Phi) is 7.70. The van der Waals surface area contributed by atoms with Crippen molar-refractivity contribution < 1.29 is 14.7 Å². The van der Waals surface area contributed by atoms with E-state index in [1.165, 1.54) is 32.8 Å². The highest BCUT2D eigenvalue weighted by Gasteiger charge is 2.32. The first kappa shape index (κ1) is 28.0. The summed E-state index contributed by atoms with van der Waals surface area (Å²) >= 11 is 0. The second kappa shape index (κ2) is 12.1. The average Bonchev–Trinajstić information content (AvgIpc) is 3.05. The number of anilines is 2. The number of carbonyl (C=O) groups excluding carboxylic acids is 2. The Balaban J connectivity index is 1.00. The standard InChI is InChI=1S/C35H36N6O3/c42-29-12-14-31-26(22-29)8-13-30(24-4-2-1-3-5-24)34(31)25-6-10-28(11-7-25)40-20-18-39(19-21-40)23-27-9-15-32(38-37-27)41-17-16-33(43)36-35(41)44/h1-7,9-12,14-15,22,30,34,42H,8,13,16-21,23H2,(H,36,43,44)/t30-,34+/m0/s1. The lowest BCUT2D eigenvalue weighted by Gasteiger charge is -2.37.